The van der Waals surface area contributed by atoms with Gasteiger partial charge >= 0.3 is 0 Å². The molecule has 0 unspecified atom stereocenters. The van der Waals surface area contributed by atoms with E-state index >= 15 is 0 Å². The fourth-order valence-corrected chi connectivity index (χ4v) is 6.88. The average Bonchev–Trinajstić information content (AvgIpc) is 3.44. The number of likely N-dealkylation sites (tertiary alicyclic amines) is 1. The third-order valence-corrected chi connectivity index (χ3v) is 8.82. The van der Waals surface area contributed by atoms with Crippen LogP contribution in [0.5, 0.6) is 0 Å². The summed E-state index contributed by atoms with van der Waals surface area (Å²) in [5.41, 5.74) is 2.23. The predicted octanol–water partition coefficient (Wildman–Crippen LogP) is 4.20. The maximum Gasteiger partial charge on any atom is 0.251 e. The molecule has 34 heavy (non-hydrogen) atoms. The minimum Gasteiger partial charge on any atom is -0.355 e. The second-order valence-electron chi connectivity index (χ2n) is 9.01. The molecule has 2 N–H and O–H groups in total. The van der Waals surface area contributed by atoms with Crippen LogP contribution in [0.25, 0.3) is 20.3 Å². The SMILES string of the molecule is CNC(=O)c1cc(=O)n(CCN2CCC(NCc3cc4sccc4s3)CC2)c2cc(C)ccc12. The molecule has 1 amide bonds. The van der Waals surface area contributed by atoms with Gasteiger partial charge in [-0.1, -0.05) is 12.1 Å². The number of benzene rings is 1. The minimum absolute atomic E-state index is 0.121. The second kappa shape index (κ2) is 10.00. The summed E-state index contributed by atoms with van der Waals surface area (Å²) in [6.07, 6.45) is 2.23. The van der Waals surface area contributed by atoms with E-state index in [1.807, 2.05) is 52.4 Å². The number of fused-ring (bicyclic) bond motifs is 2. The number of hydrogen-bond acceptors (Lipinski definition) is 6. The van der Waals surface area contributed by atoms with Gasteiger partial charge in [0, 0.05) is 58.5 Å². The molecule has 1 fully saturated rings. The highest BCUT2D eigenvalue weighted by molar-refractivity contribution is 7.26. The van der Waals surface area contributed by atoms with Crippen molar-refractivity contribution in [3.05, 3.63) is 68.1 Å². The molecule has 1 aliphatic rings. The van der Waals surface area contributed by atoms with Gasteiger partial charge in [0.2, 0.25) is 0 Å². The van der Waals surface area contributed by atoms with Gasteiger partial charge in [0.25, 0.3) is 11.5 Å². The van der Waals surface area contributed by atoms with Gasteiger partial charge in [0.05, 0.1) is 11.1 Å². The molecule has 1 aromatic carbocycles. The Morgan fingerprint density at radius 3 is 2.68 bits per heavy atom. The first-order valence-electron chi connectivity index (χ1n) is 11.8. The standard InChI is InChI=1S/C26H30N4O2S2/c1-17-3-4-20-21(26(32)27-2)15-25(31)30(22(20)13-17)11-10-29-8-5-18(6-9-29)28-16-19-14-24-23(34-19)7-12-33-24/h3-4,7,12-15,18,28H,5-6,8-11,16H2,1-2H3,(H,27,32). The fourth-order valence-electron chi connectivity index (χ4n) is 4.79. The number of rotatable bonds is 7. The average molecular weight is 495 g/mol. The minimum atomic E-state index is -0.227. The van der Waals surface area contributed by atoms with Crippen LogP contribution in [0.15, 0.2) is 46.6 Å². The maximum absolute atomic E-state index is 12.9. The van der Waals surface area contributed by atoms with E-state index in [-0.39, 0.29) is 11.5 Å². The number of pyridine rings is 1. The number of aromatic nitrogens is 1. The van der Waals surface area contributed by atoms with Crippen molar-refractivity contribution in [3.63, 3.8) is 0 Å². The summed E-state index contributed by atoms with van der Waals surface area (Å²) in [4.78, 5) is 29.1. The number of thiophene rings is 2. The van der Waals surface area contributed by atoms with Crippen molar-refractivity contribution >= 4 is 48.9 Å². The van der Waals surface area contributed by atoms with Crippen molar-refractivity contribution in [2.45, 2.75) is 38.9 Å². The Balaban J connectivity index is 1.20. The Bertz CT molecular complexity index is 1350. The zero-order chi connectivity index (χ0) is 23.7. The molecule has 4 heterocycles. The number of amides is 1. The first-order valence-corrected chi connectivity index (χ1v) is 13.5. The van der Waals surface area contributed by atoms with Gasteiger partial charge in [0.1, 0.15) is 0 Å². The summed E-state index contributed by atoms with van der Waals surface area (Å²) in [6.45, 7) is 6.46. The van der Waals surface area contributed by atoms with Gasteiger partial charge < -0.3 is 20.1 Å². The first-order chi connectivity index (χ1) is 16.5. The highest BCUT2D eigenvalue weighted by atomic mass is 32.1. The molecule has 3 aromatic heterocycles. The first kappa shape index (κ1) is 23.2. The van der Waals surface area contributed by atoms with Crippen molar-refractivity contribution in [3.8, 4) is 0 Å². The van der Waals surface area contributed by atoms with Gasteiger partial charge in [-0.05, 0) is 62.0 Å². The summed E-state index contributed by atoms with van der Waals surface area (Å²) >= 11 is 3.70. The normalized spacial score (nSPS) is 15.4. The van der Waals surface area contributed by atoms with Crippen LogP contribution in [0.4, 0.5) is 0 Å². The molecule has 0 bridgehead atoms. The molecule has 0 atom stereocenters. The van der Waals surface area contributed by atoms with Crippen LogP contribution in [-0.2, 0) is 13.1 Å². The van der Waals surface area contributed by atoms with Gasteiger partial charge in [-0.25, -0.2) is 0 Å². The summed E-state index contributed by atoms with van der Waals surface area (Å²) < 4.78 is 4.59. The van der Waals surface area contributed by atoms with E-state index < -0.39 is 0 Å². The van der Waals surface area contributed by atoms with E-state index in [1.165, 1.54) is 20.3 Å². The quantitative estimate of drug-likeness (QED) is 0.404. The number of hydrogen-bond donors (Lipinski definition) is 2. The number of piperidine rings is 1. The third kappa shape index (κ3) is 4.81. The largest absolute Gasteiger partial charge is 0.355 e. The Labute approximate surface area is 207 Å². The Morgan fingerprint density at radius 2 is 1.91 bits per heavy atom. The van der Waals surface area contributed by atoms with E-state index in [9.17, 15) is 9.59 Å². The molecule has 0 radical (unpaired) electrons. The van der Waals surface area contributed by atoms with Crippen LogP contribution < -0.4 is 16.2 Å². The summed E-state index contributed by atoms with van der Waals surface area (Å²) in [7, 11) is 1.59. The molecule has 1 saturated heterocycles. The Kier molecular flexibility index (Phi) is 6.83. The lowest BCUT2D eigenvalue weighted by molar-refractivity contribution is 0.0964. The van der Waals surface area contributed by atoms with Gasteiger partial charge in [-0.2, -0.15) is 0 Å². The molecule has 0 aliphatic carbocycles. The number of nitrogens with one attached hydrogen (secondary N) is 2. The lowest BCUT2D eigenvalue weighted by Gasteiger charge is -2.32. The zero-order valence-corrected chi connectivity index (χ0v) is 21.2. The predicted molar refractivity (Wildman–Crippen MR) is 142 cm³/mol. The van der Waals surface area contributed by atoms with E-state index in [1.54, 1.807) is 7.05 Å². The lowest BCUT2D eigenvalue weighted by Crippen LogP contribution is -2.43. The number of nitrogens with zero attached hydrogens (tertiary/aromatic N) is 2. The molecule has 8 heteroatoms. The second-order valence-corrected chi connectivity index (χ2v) is 11.1. The fraction of sp³-hybridized carbons (Fsp3) is 0.385. The van der Waals surface area contributed by atoms with Gasteiger partial charge in [-0.15, -0.1) is 22.7 Å². The van der Waals surface area contributed by atoms with E-state index in [4.69, 9.17) is 0 Å². The number of carbonyl (C=O) groups excluding carboxylic acids is 1. The molecule has 0 spiro atoms. The molecule has 178 valence electrons. The molecule has 1 aliphatic heterocycles. The van der Waals surface area contributed by atoms with Gasteiger partial charge in [-0.3, -0.25) is 9.59 Å². The van der Waals surface area contributed by atoms with Crippen molar-refractivity contribution in [2.24, 2.45) is 0 Å². The monoisotopic (exact) mass is 494 g/mol. The third-order valence-electron chi connectivity index (χ3n) is 6.72. The lowest BCUT2D eigenvalue weighted by atomic mass is 10.0. The highest BCUT2D eigenvalue weighted by Crippen LogP contribution is 2.30. The van der Waals surface area contributed by atoms with Crippen LogP contribution in [0.1, 0.15) is 33.6 Å². The van der Waals surface area contributed by atoms with Crippen molar-refractivity contribution in [1.82, 2.24) is 20.1 Å². The Hall–Kier alpha value is -2.52. The maximum atomic E-state index is 12.9. The van der Waals surface area contributed by atoms with Crippen molar-refractivity contribution < 1.29 is 4.79 Å². The Morgan fingerprint density at radius 1 is 1.09 bits per heavy atom. The molecule has 4 aromatic rings. The molecular formula is C26H30N4O2S2. The van der Waals surface area contributed by atoms with E-state index in [2.05, 4.69) is 33.0 Å². The van der Waals surface area contributed by atoms with Crippen molar-refractivity contribution in [2.75, 3.05) is 26.7 Å². The van der Waals surface area contributed by atoms with Crippen LogP contribution >= 0.6 is 22.7 Å². The summed E-state index contributed by atoms with van der Waals surface area (Å²) in [5, 5.41) is 9.36. The van der Waals surface area contributed by atoms with Crippen LogP contribution in [0.3, 0.4) is 0 Å². The van der Waals surface area contributed by atoms with Crippen LogP contribution in [0.2, 0.25) is 0 Å². The van der Waals surface area contributed by atoms with Crippen LogP contribution in [-0.4, -0.2) is 48.1 Å². The number of aryl methyl sites for hydroxylation is 1. The zero-order valence-electron chi connectivity index (χ0n) is 19.6. The molecule has 6 nitrogen and oxygen atoms in total. The number of carbonyl (C=O) groups is 1. The highest BCUT2D eigenvalue weighted by Gasteiger charge is 2.20. The van der Waals surface area contributed by atoms with E-state index in [0.29, 0.717) is 18.2 Å². The summed E-state index contributed by atoms with van der Waals surface area (Å²) in [6, 6.07) is 12.5. The smallest absolute Gasteiger partial charge is 0.251 e. The van der Waals surface area contributed by atoms with Gasteiger partial charge in [0.15, 0.2) is 0 Å². The molecule has 0 saturated carbocycles. The van der Waals surface area contributed by atoms with Crippen LogP contribution in [0, 0.1) is 6.92 Å². The topological polar surface area (TPSA) is 66.4 Å². The van der Waals surface area contributed by atoms with Crippen molar-refractivity contribution in [1.29, 1.82) is 0 Å². The summed E-state index contributed by atoms with van der Waals surface area (Å²) in [5.74, 6) is -0.227. The molecular weight excluding hydrogens is 464 g/mol. The molecule has 5 rings (SSSR count). The van der Waals surface area contributed by atoms with E-state index in [0.717, 1.165) is 55.5 Å².